The van der Waals surface area contributed by atoms with Gasteiger partial charge in [-0.2, -0.15) is 0 Å². The second kappa shape index (κ2) is 11.0. The molecule has 8 nitrogen and oxygen atoms in total. The number of carbonyl (C=O) groups is 2. The van der Waals surface area contributed by atoms with Crippen molar-refractivity contribution in [3.05, 3.63) is 64.7 Å². The number of rotatable bonds is 6. The molecule has 1 aromatic heterocycles. The quantitative estimate of drug-likeness (QED) is 0.499. The smallest absolute Gasteiger partial charge is 0.411 e. The highest BCUT2D eigenvalue weighted by molar-refractivity contribution is 6.35. The number of amides is 2. The van der Waals surface area contributed by atoms with Gasteiger partial charge in [0, 0.05) is 36.1 Å². The summed E-state index contributed by atoms with van der Waals surface area (Å²) in [5.41, 5.74) is 15.7. The maximum Gasteiger partial charge on any atom is 0.411 e. The Balaban J connectivity index is 1.53. The van der Waals surface area contributed by atoms with Gasteiger partial charge in [-0.3, -0.25) is 9.69 Å². The Hall–Kier alpha value is -3.20. The molecule has 4 N–H and O–H groups in total. The SMILES string of the molecule is CCCCOC(=O)N1CCN(C(=O)c2ccc3c(Cl)cc(-c4cccc(CN)c4)nc3c2)C[C@H]1N. The van der Waals surface area contributed by atoms with Gasteiger partial charge in [0.15, 0.2) is 0 Å². The molecule has 35 heavy (non-hydrogen) atoms. The van der Waals surface area contributed by atoms with Crippen LogP contribution in [0, 0.1) is 0 Å². The Morgan fingerprint density at radius 2 is 2.00 bits per heavy atom. The maximum atomic E-state index is 13.3. The van der Waals surface area contributed by atoms with E-state index in [0.29, 0.717) is 48.0 Å². The van der Waals surface area contributed by atoms with Gasteiger partial charge in [-0.05, 0) is 36.2 Å². The van der Waals surface area contributed by atoms with Gasteiger partial charge in [-0.1, -0.05) is 49.2 Å². The molecule has 1 fully saturated rings. The van der Waals surface area contributed by atoms with Crippen LogP contribution in [0.15, 0.2) is 48.5 Å². The first-order valence-electron chi connectivity index (χ1n) is 11.8. The minimum absolute atomic E-state index is 0.171. The van der Waals surface area contributed by atoms with Crippen LogP contribution in [0.3, 0.4) is 0 Å². The van der Waals surface area contributed by atoms with Crippen molar-refractivity contribution < 1.29 is 14.3 Å². The minimum Gasteiger partial charge on any atom is -0.449 e. The second-order valence-electron chi connectivity index (χ2n) is 8.61. The largest absolute Gasteiger partial charge is 0.449 e. The van der Waals surface area contributed by atoms with E-state index in [2.05, 4.69) is 0 Å². The van der Waals surface area contributed by atoms with Gasteiger partial charge in [0.2, 0.25) is 0 Å². The average molecular weight is 496 g/mol. The number of nitrogens with two attached hydrogens (primary N) is 2. The van der Waals surface area contributed by atoms with Crippen LogP contribution in [-0.4, -0.2) is 59.2 Å². The second-order valence-corrected chi connectivity index (χ2v) is 9.01. The summed E-state index contributed by atoms with van der Waals surface area (Å²) in [4.78, 5) is 33.4. The van der Waals surface area contributed by atoms with Crippen LogP contribution >= 0.6 is 11.6 Å². The van der Waals surface area contributed by atoms with E-state index in [-0.39, 0.29) is 12.5 Å². The molecular weight excluding hydrogens is 466 g/mol. The number of nitrogens with zero attached hydrogens (tertiary/aromatic N) is 3. The van der Waals surface area contributed by atoms with E-state index in [1.807, 2.05) is 37.3 Å². The van der Waals surface area contributed by atoms with E-state index >= 15 is 0 Å². The molecule has 0 unspecified atom stereocenters. The van der Waals surface area contributed by atoms with Crippen molar-refractivity contribution in [2.45, 2.75) is 32.5 Å². The van der Waals surface area contributed by atoms with E-state index in [4.69, 9.17) is 32.8 Å². The van der Waals surface area contributed by atoms with E-state index in [9.17, 15) is 9.59 Å². The van der Waals surface area contributed by atoms with Crippen LogP contribution in [0.25, 0.3) is 22.2 Å². The topological polar surface area (TPSA) is 115 Å². The van der Waals surface area contributed by atoms with Crippen molar-refractivity contribution in [2.75, 3.05) is 26.2 Å². The van der Waals surface area contributed by atoms with Crippen LogP contribution in [0.1, 0.15) is 35.7 Å². The highest BCUT2D eigenvalue weighted by Gasteiger charge is 2.31. The highest BCUT2D eigenvalue weighted by atomic mass is 35.5. The lowest BCUT2D eigenvalue weighted by Gasteiger charge is -2.38. The van der Waals surface area contributed by atoms with Crippen LogP contribution in [0.2, 0.25) is 5.02 Å². The van der Waals surface area contributed by atoms with Crippen LogP contribution in [0.5, 0.6) is 0 Å². The third kappa shape index (κ3) is 5.56. The van der Waals surface area contributed by atoms with E-state index in [0.717, 1.165) is 29.4 Å². The number of benzene rings is 2. The van der Waals surface area contributed by atoms with Gasteiger partial charge >= 0.3 is 6.09 Å². The molecule has 0 aliphatic carbocycles. The fraction of sp³-hybridized carbons (Fsp3) is 0.346. The maximum absolute atomic E-state index is 13.3. The molecule has 2 heterocycles. The van der Waals surface area contributed by atoms with Gasteiger partial charge in [-0.15, -0.1) is 0 Å². The van der Waals surface area contributed by atoms with E-state index < -0.39 is 12.3 Å². The average Bonchev–Trinajstić information content (AvgIpc) is 2.87. The molecule has 184 valence electrons. The summed E-state index contributed by atoms with van der Waals surface area (Å²) in [6.45, 7) is 3.73. The zero-order chi connectivity index (χ0) is 24.9. The van der Waals surface area contributed by atoms with Gasteiger partial charge < -0.3 is 21.1 Å². The molecule has 0 saturated carbocycles. The summed E-state index contributed by atoms with van der Waals surface area (Å²) in [6.07, 6.45) is 0.680. The first kappa shape index (κ1) is 24.9. The molecule has 0 radical (unpaired) electrons. The molecule has 2 amide bonds. The first-order chi connectivity index (χ1) is 16.9. The molecule has 1 aliphatic rings. The summed E-state index contributed by atoms with van der Waals surface area (Å²) in [5, 5.41) is 1.32. The third-order valence-electron chi connectivity index (χ3n) is 6.13. The monoisotopic (exact) mass is 495 g/mol. The molecule has 1 aliphatic heterocycles. The third-order valence-corrected chi connectivity index (χ3v) is 6.44. The van der Waals surface area contributed by atoms with E-state index in [1.165, 1.54) is 4.90 Å². The van der Waals surface area contributed by atoms with Gasteiger partial charge in [0.05, 0.1) is 29.4 Å². The molecule has 0 bridgehead atoms. The summed E-state index contributed by atoms with van der Waals surface area (Å²) >= 11 is 6.55. The van der Waals surface area contributed by atoms with Gasteiger partial charge in [0.1, 0.15) is 6.17 Å². The number of fused-ring (bicyclic) bond motifs is 1. The number of carbonyl (C=O) groups excluding carboxylic acids is 2. The van der Waals surface area contributed by atoms with Crippen LogP contribution < -0.4 is 11.5 Å². The Kier molecular flexibility index (Phi) is 7.85. The number of piperazine rings is 1. The van der Waals surface area contributed by atoms with Gasteiger partial charge in [0.25, 0.3) is 5.91 Å². The Morgan fingerprint density at radius 3 is 2.74 bits per heavy atom. The number of ether oxygens (including phenoxy) is 1. The molecular formula is C26H30ClN5O3. The Labute approximate surface area is 209 Å². The lowest BCUT2D eigenvalue weighted by atomic mass is 10.0. The summed E-state index contributed by atoms with van der Waals surface area (Å²) in [5.74, 6) is -0.171. The highest BCUT2D eigenvalue weighted by Crippen LogP contribution is 2.29. The number of pyridine rings is 1. The number of hydrogen-bond acceptors (Lipinski definition) is 6. The first-order valence-corrected chi connectivity index (χ1v) is 12.2. The summed E-state index contributed by atoms with van der Waals surface area (Å²) < 4.78 is 5.27. The molecule has 3 aromatic rings. The van der Waals surface area contributed by atoms with Crippen molar-refractivity contribution in [2.24, 2.45) is 11.5 Å². The van der Waals surface area contributed by atoms with E-state index in [1.54, 1.807) is 23.1 Å². The van der Waals surface area contributed by atoms with Crippen LogP contribution in [0.4, 0.5) is 4.79 Å². The standard InChI is InChI=1S/C26H30ClN5O3/c1-2-3-11-35-26(34)32-10-9-31(16-24(32)29)25(33)19-7-8-20-21(27)14-22(30-23(20)13-19)18-6-4-5-17(12-18)15-28/h4-8,12-14,24H,2-3,9-11,15-16,28-29H2,1H3/t24-/m0/s1. The molecule has 9 heteroatoms. The fourth-order valence-electron chi connectivity index (χ4n) is 4.11. The predicted molar refractivity (Wildman–Crippen MR) is 137 cm³/mol. The zero-order valence-electron chi connectivity index (χ0n) is 19.7. The van der Waals surface area contributed by atoms with Gasteiger partial charge in [-0.25, -0.2) is 9.78 Å². The fourth-order valence-corrected chi connectivity index (χ4v) is 4.38. The number of unbranched alkanes of at least 4 members (excludes halogenated alkanes) is 1. The van der Waals surface area contributed by atoms with Crippen molar-refractivity contribution in [1.29, 1.82) is 0 Å². The van der Waals surface area contributed by atoms with Crippen molar-refractivity contribution >= 4 is 34.5 Å². The van der Waals surface area contributed by atoms with Crippen LogP contribution in [-0.2, 0) is 11.3 Å². The molecule has 0 spiro atoms. The molecule has 1 saturated heterocycles. The minimum atomic E-state index is -0.628. The number of halogens is 1. The number of aromatic nitrogens is 1. The zero-order valence-corrected chi connectivity index (χ0v) is 20.5. The summed E-state index contributed by atoms with van der Waals surface area (Å²) in [7, 11) is 0. The Bertz CT molecular complexity index is 1230. The number of hydrogen-bond donors (Lipinski definition) is 2. The molecule has 2 aromatic carbocycles. The van der Waals surface area contributed by atoms with Crippen molar-refractivity contribution in [3.8, 4) is 11.3 Å². The Morgan fingerprint density at radius 1 is 1.17 bits per heavy atom. The lowest BCUT2D eigenvalue weighted by molar-refractivity contribution is 0.0386. The van der Waals surface area contributed by atoms with Crippen molar-refractivity contribution in [3.63, 3.8) is 0 Å². The summed E-state index contributed by atoms with van der Waals surface area (Å²) in [6, 6.07) is 14.9. The lowest BCUT2D eigenvalue weighted by Crippen LogP contribution is -2.60. The molecule has 1 atom stereocenters. The van der Waals surface area contributed by atoms with Crippen molar-refractivity contribution in [1.82, 2.24) is 14.8 Å². The molecule has 4 rings (SSSR count). The predicted octanol–water partition coefficient (Wildman–Crippen LogP) is 3.99. The normalized spacial score (nSPS) is 15.9.